The van der Waals surface area contributed by atoms with Gasteiger partial charge in [0.05, 0.1) is 0 Å². The minimum atomic E-state index is 0. The second kappa shape index (κ2) is 7.91. The third kappa shape index (κ3) is 4.22. The summed E-state index contributed by atoms with van der Waals surface area (Å²) in [5.41, 5.74) is 2.78. The fourth-order valence-corrected chi connectivity index (χ4v) is 3.09. The first-order valence-electron chi connectivity index (χ1n) is 7.29. The number of aryl methyl sites for hydroxylation is 1. The fourth-order valence-electron chi connectivity index (χ4n) is 3.09. The van der Waals surface area contributed by atoms with Gasteiger partial charge in [0.15, 0.2) is 0 Å². The lowest BCUT2D eigenvalue weighted by Gasteiger charge is -2.35. The number of phenolic OH excluding ortho intramolecular Hbond substituents is 1. The molecule has 0 saturated heterocycles. The third-order valence-electron chi connectivity index (χ3n) is 3.93. The summed E-state index contributed by atoms with van der Waals surface area (Å²) < 4.78 is 0. The molecule has 0 radical (unpaired) electrons. The maximum Gasteiger partial charge on any atom is 0.115 e. The number of benzene rings is 1. The molecule has 1 aromatic carbocycles. The topological polar surface area (TPSA) is 23.5 Å². The van der Waals surface area contributed by atoms with E-state index >= 15 is 0 Å². The number of nitrogens with zero attached hydrogens (tertiary/aromatic N) is 1. The molecule has 0 aliphatic heterocycles. The van der Waals surface area contributed by atoms with E-state index in [0.29, 0.717) is 11.8 Å². The van der Waals surface area contributed by atoms with Crippen molar-refractivity contribution < 1.29 is 22.1 Å². The Hall–Kier alpha value is -0.540. The van der Waals surface area contributed by atoms with Gasteiger partial charge in [0.25, 0.3) is 0 Å². The standard InChI is InChI=1S/C16H25NO.BrH/c1-3-9-17(10-4-2)15-7-5-13-6-8-16(18)12-14(13)11-15;/h6,8,12,15,18H,3-5,7,9-11H2,1-2H3;1H/p-1/t15-;/m1./s1. The van der Waals surface area contributed by atoms with Crippen LogP contribution in [0, 0.1) is 0 Å². The number of hydrogen-bond acceptors (Lipinski definition) is 2. The summed E-state index contributed by atoms with van der Waals surface area (Å²) in [6.45, 7) is 6.91. The fraction of sp³-hybridized carbons (Fsp3) is 0.625. The van der Waals surface area contributed by atoms with Crippen LogP contribution in [0.25, 0.3) is 0 Å². The molecule has 1 aliphatic carbocycles. The van der Waals surface area contributed by atoms with Crippen molar-refractivity contribution in [3.05, 3.63) is 29.3 Å². The van der Waals surface area contributed by atoms with Gasteiger partial charge in [-0.3, -0.25) is 0 Å². The van der Waals surface area contributed by atoms with Crippen LogP contribution >= 0.6 is 0 Å². The highest BCUT2D eigenvalue weighted by molar-refractivity contribution is 5.37. The van der Waals surface area contributed by atoms with E-state index in [2.05, 4.69) is 24.8 Å². The first-order valence-corrected chi connectivity index (χ1v) is 7.29. The molecule has 0 bridgehead atoms. The van der Waals surface area contributed by atoms with Crippen LogP contribution in [0.5, 0.6) is 5.75 Å². The highest BCUT2D eigenvalue weighted by atomic mass is 79.9. The molecule has 0 saturated carbocycles. The molecule has 0 amide bonds. The summed E-state index contributed by atoms with van der Waals surface area (Å²) in [5.74, 6) is 0.409. The minimum absolute atomic E-state index is 0. The molecule has 0 heterocycles. The van der Waals surface area contributed by atoms with Crippen LogP contribution in [-0.4, -0.2) is 29.1 Å². The molecular weight excluding hydrogens is 302 g/mol. The van der Waals surface area contributed by atoms with Crippen molar-refractivity contribution in [1.29, 1.82) is 0 Å². The Kier molecular flexibility index (Phi) is 6.87. The lowest BCUT2D eigenvalue weighted by molar-refractivity contribution is -0.00000499. The second-order valence-corrected chi connectivity index (χ2v) is 5.39. The first-order chi connectivity index (χ1) is 8.74. The lowest BCUT2D eigenvalue weighted by atomic mass is 9.87. The number of rotatable bonds is 5. The molecule has 1 atom stereocenters. The minimum Gasteiger partial charge on any atom is -1.00 e. The Labute approximate surface area is 127 Å². The summed E-state index contributed by atoms with van der Waals surface area (Å²) in [4.78, 5) is 2.63. The molecule has 1 N–H and O–H groups in total. The Balaban J connectivity index is 0.00000180. The largest absolute Gasteiger partial charge is 1.00 e. The van der Waals surface area contributed by atoms with Gasteiger partial charge in [-0.2, -0.15) is 0 Å². The zero-order chi connectivity index (χ0) is 13.0. The summed E-state index contributed by atoms with van der Waals surface area (Å²) in [6.07, 6.45) is 5.97. The molecule has 108 valence electrons. The van der Waals surface area contributed by atoms with E-state index in [-0.39, 0.29) is 17.0 Å². The second-order valence-electron chi connectivity index (χ2n) is 5.39. The van der Waals surface area contributed by atoms with Gasteiger partial charge in [0.1, 0.15) is 5.75 Å². The normalized spacial score (nSPS) is 17.9. The smallest absolute Gasteiger partial charge is 0.115 e. The van der Waals surface area contributed by atoms with Gasteiger partial charge < -0.3 is 27.0 Å². The van der Waals surface area contributed by atoms with E-state index in [1.807, 2.05) is 12.1 Å². The van der Waals surface area contributed by atoms with Crippen molar-refractivity contribution in [2.45, 2.75) is 52.0 Å². The molecule has 0 spiro atoms. The van der Waals surface area contributed by atoms with Gasteiger partial charge >= 0.3 is 0 Å². The highest BCUT2D eigenvalue weighted by Crippen LogP contribution is 2.27. The summed E-state index contributed by atoms with van der Waals surface area (Å²) in [6, 6.07) is 6.52. The van der Waals surface area contributed by atoms with Gasteiger partial charge in [-0.05, 0) is 68.5 Å². The first kappa shape index (κ1) is 16.5. The zero-order valence-electron chi connectivity index (χ0n) is 12.0. The molecule has 19 heavy (non-hydrogen) atoms. The van der Waals surface area contributed by atoms with Crippen LogP contribution in [0.1, 0.15) is 44.2 Å². The zero-order valence-corrected chi connectivity index (χ0v) is 13.6. The molecule has 0 aromatic heterocycles. The van der Waals surface area contributed by atoms with Crippen LogP contribution < -0.4 is 17.0 Å². The predicted molar refractivity (Wildman–Crippen MR) is 76.1 cm³/mol. The lowest BCUT2D eigenvalue weighted by Crippen LogP contribution is -3.00. The summed E-state index contributed by atoms with van der Waals surface area (Å²) >= 11 is 0. The number of aromatic hydroxyl groups is 1. The van der Waals surface area contributed by atoms with Crippen LogP contribution in [0.15, 0.2) is 18.2 Å². The third-order valence-corrected chi connectivity index (χ3v) is 3.93. The van der Waals surface area contributed by atoms with Crippen molar-refractivity contribution in [2.75, 3.05) is 13.1 Å². The summed E-state index contributed by atoms with van der Waals surface area (Å²) in [7, 11) is 0. The van der Waals surface area contributed by atoms with Gasteiger partial charge in [0, 0.05) is 6.04 Å². The van der Waals surface area contributed by atoms with E-state index in [1.54, 1.807) is 0 Å². The number of fused-ring (bicyclic) bond motifs is 1. The SMILES string of the molecule is CCCN(CCC)[C@@H]1CCc2ccc(O)cc2C1.[Br-]. The quantitative estimate of drug-likeness (QED) is 0.845. The maximum atomic E-state index is 9.61. The van der Waals surface area contributed by atoms with Crippen molar-refractivity contribution in [1.82, 2.24) is 4.90 Å². The number of halogens is 1. The average Bonchev–Trinajstić information content (AvgIpc) is 2.37. The van der Waals surface area contributed by atoms with Crippen LogP contribution in [0.2, 0.25) is 0 Å². The van der Waals surface area contributed by atoms with Gasteiger partial charge in [-0.1, -0.05) is 19.9 Å². The Morgan fingerprint density at radius 3 is 2.47 bits per heavy atom. The van der Waals surface area contributed by atoms with E-state index in [1.165, 1.54) is 43.5 Å². The van der Waals surface area contributed by atoms with Crippen molar-refractivity contribution >= 4 is 0 Å². The van der Waals surface area contributed by atoms with Gasteiger partial charge in [-0.25, -0.2) is 0 Å². The van der Waals surface area contributed by atoms with E-state index in [0.717, 1.165) is 12.8 Å². The van der Waals surface area contributed by atoms with E-state index in [4.69, 9.17) is 0 Å². The molecule has 1 aromatic rings. The molecule has 0 fully saturated rings. The van der Waals surface area contributed by atoms with Gasteiger partial charge in [0.2, 0.25) is 0 Å². The molecule has 1 aliphatic rings. The summed E-state index contributed by atoms with van der Waals surface area (Å²) in [5, 5.41) is 9.61. The number of hydrogen-bond donors (Lipinski definition) is 1. The molecule has 2 nitrogen and oxygen atoms in total. The Bertz CT molecular complexity index is 388. The number of phenols is 1. The Morgan fingerprint density at radius 1 is 1.16 bits per heavy atom. The van der Waals surface area contributed by atoms with Gasteiger partial charge in [-0.15, -0.1) is 0 Å². The van der Waals surface area contributed by atoms with Crippen LogP contribution in [0.4, 0.5) is 0 Å². The molecular formula is C16H25BrNO-. The monoisotopic (exact) mass is 326 g/mol. The molecule has 3 heteroatoms. The van der Waals surface area contributed by atoms with Crippen molar-refractivity contribution in [3.8, 4) is 5.75 Å². The molecule has 2 rings (SSSR count). The molecule has 0 unspecified atom stereocenters. The van der Waals surface area contributed by atoms with E-state index < -0.39 is 0 Å². The van der Waals surface area contributed by atoms with E-state index in [9.17, 15) is 5.11 Å². The average molecular weight is 327 g/mol. The van der Waals surface area contributed by atoms with Crippen molar-refractivity contribution in [3.63, 3.8) is 0 Å². The van der Waals surface area contributed by atoms with Crippen LogP contribution in [-0.2, 0) is 12.8 Å². The van der Waals surface area contributed by atoms with Crippen LogP contribution in [0.3, 0.4) is 0 Å². The highest BCUT2D eigenvalue weighted by Gasteiger charge is 2.23. The predicted octanol–water partition coefficient (Wildman–Crippen LogP) is 0.376. The maximum absolute atomic E-state index is 9.61. The Morgan fingerprint density at radius 2 is 1.84 bits per heavy atom. The van der Waals surface area contributed by atoms with Crippen molar-refractivity contribution in [2.24, 2.45) is 0 Å².